The number of amides is 2. The van der Waals surface area contributed by atoms with Crippen molar-refractivity contribution in [2.45, 2.75) is 143 Å². The maximum absolute atomic E-state index is 13.0. The molecule has 0 radical (unpaired) electrons. The Morgan fingerprint density at radius 2 is 1.07 bits per heavy atom. The number of carbonyl (C=O) groups is 2. The molecule has 3 aliphatic rings. The first kappa shape index (κ1) is 51.5. The molecule has 0 bridgehead atoms. The molecule has 3 saturated carbocycles. The molecule has 376 valence electrons. The highest BCUT2D eigenvalue weighted by Gasteiger charge is 2.40. The fourth-order valence-electron chi connectivity index (χ4n) is 10.6. The van der Waals surface area contributed by atoms with E-state index >= 15 is 0 Å². The van der Waals surface area contributed by atoms with Crippen molar-refractivity contribution in [1.82, 2.24) is 49.3 Å². The third-order valence-electron chi connectivity index (χ3n) is 14.6. The van der Waals surface area contributed by atoms with Crippen molar-refractivity contribution in [1.29, 1.82) is 0 Å². The second-order valence-corrected chi connectivity index (χ2v) is 20.3. The zero-order chi connectivity index (χ0) is 50.4. The average molecular weight is 963 g/mol. The van der Waals surface area contributed by atoms with Crippen molar-refractivity contribution < 1.29 is 30.0 Å². The lowest BCUT2D eigenvalue weighted by Crippen LogP contribution is -2.41. The van der Waals surface area contributed by atoms with Crippen LogP contribution in [0.3, 0.4) is 0 Å². The molecule has 6 aromatic heterocycles. The molecule has 0 saturated heterocycles. The third kappa shape index (κ3) is 10.5. The van der Waals surface area contributed by atoms with Gasteiger partial charge < -0.3 is 40.2 Å². The van der Waals surface area contributed by atoms with E-state index in [2.05, 4.69) is 78.3 Å². The summed E-state index contributed by atoms with van der Waals surface area (Å²) in [6, 6.07) is 7.97. The van der Waals surface area contributed by atoms with Gasteiger partial charge in [0.2, 0.25) is 0 Å². The van der Waals surface area contributed by atoms with E-state index in [0.717, 1.165) is 110 Å². The highest BCUT2D eigenvalue weighted by atomic mass is 16.3. The first-order valence-corrected chi connectivity index (χ1v) is 24.8. The van der Waals surface area contributed by atoms with Gasteiger partial charge in [0, 0.05) is 66.1 Å². The lowest BCUT2D eigenvalue weighted by Gasteiger charge is -2.32. The van der Waals surface area contributed by atoms with Gasteiger partial charge in [-0.25, -0.2) is 9.97 Å². The Morgan fingerprint density at radius 1 is 0.657 bits per heavy atom. The summed E-state index contributed by atoms with van der Waals surface area (Å²) in [6.07, 6.45) is 21.9. The van der Waals surface area contributed by atoms with Crippen LogP contribution in [0.15, 0.2) is 71.0 Å². The van der Waals surface area contributed by atoms with Crippen LogP contribution in [0.25, 0.3) is 22.1 Å². The molecular weight excluding hydrogens is 893 g/mol. The van der Waals surface area contributed by atoms with Gasteiger partial charge in [-0.15, -0.1) is 0 Å². The summed E-state index contributed by atoms with van der Waals surface area (Å²) in [5, 5.41) is 56.3. The summed E-state index contributed by atoms with van der Waals surface area (Å²) in [6.45, 7) is 12.8. The first-order chi connectivity index (χ1) is 33.5. The van der Waals surface area contributed by atoms with Crippen molar-refractivity contribution in [2.24, 2.45) is 10.8 Å². The second-order valence-electron chi connectivity index (χ2n) is 20.3. The number of hydrogen-bond acceptors (Lipinski definition) is 12. The normalized spacial score (nSPS) is 16.9. The Balaban J connectivity index is 0.000000200. The molecule has 0 unspecified atom stereocenters. The smallest absolute Gasteiger partial charge is 0.275 e. The predicted octanol–water partition coefficient (Wildman–Crippen LogP) is 6.21. The molecule has 18 heteroatoms. The van der Waals surface area contributed by atoms with Crippen LogP contribution < -0.4 is 21.5 Å². The van der Waals surface area contributed by atoms with Gasteiger partial charge in [0.15, 0.2) is 22.9 Å². The third-order valence-corrected chi connectivity index (χ3v) is 14.6. The van der Waals surface area contributed by atoms with Crippen LogP contribution in [0.4, 0.5) is 0 Å². The number of fused-ring (bicyclic) bond motifs is 2. The van der Waals surface area contributed by atoms with Crippen molar-refractivity contribution >= 4 is 33.9 Å². The lowest BCUT2D eigenvalue weighted by molar-refractivity contribution is 0.0869. The average Bonchev–Trinajstić information content (AvgIpc) is 4.24. The van der Waals surface area contributed by atoms with Gasteiger partial charge in [-0.2, -0.15) is 10.2 Å². The number of nitrogens with zero attached hydrogens (tertiary/aromatic N) is 8. The topological polar surface area (TPSA) is 245 Å². The number of hydrogen-bond donors (Lipinski definition) is 6. The van der Waals surface area contributed by atoms with E-state index in [1.165, 1.54) is 21.8 Å². The number of rotatable bonds is 14. The Hall–Kier alpha value is -6.40. The standard InChI is InChI=1S/C26H33N5O4.C24H31N5O4.C2H6/c1-18-13-31(23-19(18)7-6-12-27-23)26(10-4-5-11-26)16-30-14-20(33)22(34)21(29-30)24(35)28-15-25(17-32)8-2-3-9-25;1-16-11-29(21-17(16)7-6-10-25-21)24(8-4-5-9-24)14-28-12-18(31)20(32)19(27-28)22(33)26-13-23(2,3)15-30;1-2/h6-7,12-14,32-33H,2-5,8-11,15-17H2,1H3,(H,28,35);6-7,10-12,30-31H,4-5,8-9,13-15H2,1-3H3,(H,26,33);1-2H3. The number of pyridine rings is 2. The molecule has 3 fully saturated rings. The molecule has 6 heterocycles. The van der Waals surface area contributed by atoms with Gasteiger partial charge in [0.1, 0.15) is 11.3 Å². The zero-order valence-electron chi connectivity index (χ0n) is 41.5. The molecule has 0 atom stereocenters. The molecule has 0 aliphatic heterocycles. The number of nitrogens with one attached hydrogen (secondary N) is 2. The molecule has 9 rings (SSSR count). The Morgan fingerprint density at radius 3 is 1.49 bits per heavy atom. The summed E-state index contributed by atoms with van der Waals surface area (Å²) in [7, 11) is 0. The van der Waals surface area contributed by atoms with Crippen molar-refractivity contribution in [3.63, 3.8) is 0 Å². The van der Waals surface area contributed by atoms with Gasteiger partial charge in [-0.3, -0.25) is 28.5 Å². The summed E-state index contributed by atoms with van der Waals surface area (Å²) < 4.78 is 7.44. The van der Waals surface area contributed by atoms with E-state index in [9.17, 15) is 39.6 Å². The van der Waals surface area contributed by atoms with E-state index < -0.39 is 39.6 Å². The minimum absolute atomic E-state index is 0.00816. The van der Waals surface area contributed by atoms with Crippen molar-refractivity contribution in [2.75, 3.05) is 26.3 Å². The Labute approximate surface area is 407 Å². The number of aryl methyl sites for hydroxylation is 2. The van der Waals surface area contributed by atoms with E-state index in [-0.39, 0.29) is 54.2 Å². The second kappa shape index (κ2) is 21.3. The fraction of sp³-hybridized carbons (Fsp3) is 0.538. The van der Waals surface area contributed by atoms with E-state index in [4.69, 9.17) is 0 Å². The molecule has 6 aromatic rings. The van der Waals surface area contributed by atoms with Crippen molar-refractivity contribution in [3.8, 4) is 11.5 Å². The van der Waals surface area contributed by atoms with E-state index in [1.807, 2.05) is 26.0 Å². The molecule has 70 heavy (non-hydrogen) atoms. The summed E-state index contributed by atoms with van der Waals surface area (Å²) in [5.41, 5.74) is 0.246. The van der Waals surface area contributed by atoms with Crippen LogP contribution in [0.1, 0.15) is 137 Å². The number of aromatic hydroxyl groups is 2. The molecule has 18 nitrogen and oxygen atoms in total. The number of aliphatic hydroxyl groups excluding tert-OH is 2. The Bertz CT molecular complexity index is 2930. The molecule has 2 amide bonds. The molecule has 3 aliphatic carbocycles. The highest BCUT2D eigenvalue weighted by molar-refractivity contribution is 5.93. The summed E-state index contributed by atoms with van der Waals surface area (Å²) in [4.78, 5) is 60.0. The van der Waals surface area contributed by atoms with Crippen LogP contribution in [-0.4, -0.2) is 97.2 Å². The first-order valence-electron chi connectivity index (χ1n) is 24.8. The minimum atomic E-state index is -0.810. The Kier molecular flexibility index (Phi) is 15.7. The molecular formula is C52H70N10O8. The van der Waals surface area contributed by atoms with E-state index in [0.29, 0.717) is 13.1 Å². The van der Waals surface area contributed by atoms with Crippen molar-refractivity contribution in [3.05, 3.63) is 104 Å². The minimum Gasteiger partial charge on any atom is -0.503 e. The number of aliphatic hydroxyl groups is 2. The lowest BCUT2D eigenvalue weighted by atomic mass is 9.87. The largest absolute Gasteiger partial charge is 0.503 e. The molecule has 0 spiro atoms. The van der Waals surface area contributed by atoms with Crippen LogP contribution in [0.2, 0.25) is 0 Å². The fourth-order valence-corrected chi connectivity index (χ4v) is 10.6. The van der Waals surface area contributed by atoms with Crippen LogP contribution in [-0.2, 0) is 24.2 Å². The summed E-state index contributed by atoms with van der Waals surface area (Å²) >= 11 is 0. The summed E-state index contributed by atoms with van der Waals surface area (Å²) in [5.74, 6) is -2.31. The monoisotopic (exact) mass is 963 g/mol. The van der Waals surface area contributed by atoms with Crippen LogP contribution in [0.5, 0.6) is 11.5 Å². The van der Waals surface area contributed by atoms with E-state index in [1.54, 1.807) is 26.2 Å². The SMILES string of the molecule is CC.Cc1cn(C2(Cn3cc(O)c(=O)c(C(=O)NCC(C)(C)CO)n3)CCCC2)c2ncccc12.Cc1cn(C2(Cn3cc(O)c(=O)c(C(=O)NCC4(CO)CCCC4)n3)CCCC2)c2ncccc12. The maximum atomic E-state index is 13.0. The van der Waals surface area contributed by atoms with Gasteiger partial charge in [-0.05, 0) is 87.8 Å². The highest BCUT2D eigenvalue weighted by Crippen LogP contribution is 2.42. The van der Waals surface area contributed by atoms with Crippen LogP contribution in [0, 0.1) is 24.7 Å². The number of carbonyl (C=O) groups excluding carboxylic acids is 2. The van der Waals surface area contributed by atoms with Gasteiger partial charge in [-0.1, -0.05) is 66.2 Å². The molecule has 6 N–H and O–H groups in total. The zero-order valence-corrected chi connectivity index (χ0v) is 41.5. The maximum Gasteiger partial charge on any atom is 0.275 e. The van der Waals surface area contributed by atoms with Gasteiger partial charge in [0.05, 0.1) is 43.2 Å². The quantitative estimate of drug-likeness (QED) is 0.0714. The van der Waals surface area contributed by atoms with Gasteiger partial charge in [0.25, 0.3) is 22.7 Å². The predicted molar refractivity (Wildman–Crippen MR) is 267 cm³/mol. The van der Waals surface area contributed by atoms with Crippen LogP contribution >= 0.6 is 0 Å². The number of aromatic nitrogens is 8. The molecule has 0 aromatic carbocycles. The van der Waals surface area contributed by atoms with Gasteiger partial charge >= 0.3 is 0 Å².